The van der Waals surface area contributed by atoms with Gasteiger partial charge in [0, 0.05) is 12.2 Å². The third-order valence-corrected chi connectivity index (χ3v) is 7.88. The first-order valence-corrected chi connectivity index (χ1v) is 14.5. The maximum atomic E-state index is 12.2. The van der Waals surface area contributed by atoms with Crippen LogP contribution in [0.15, 0.2) is 0 Å². The number of quaternary nitrogens is 1. The van der Waals surface area contributed by atoms with E-state index in [-0.39, 0.29) is 18.3 Å². The molecule has 1 unspecified atom stereocenters. The normalized spacial score (nSPS) is 16.1. The Bertz CT molecular complexity index is 502. The minimum Gasteiger partial charge on any atom is -0.770 e. The summed E-state index contributed by atoms with van der Waals surface area (Å²) in [7, 11) is 5.90. The Morgan fingerprint density at radius 1 is 1.10 bits per heavy atom. The number of aliphatic hydroxyl groups excluding tert-OH is 1. The molecule has 0 heterocycles. The van der Waals surface area contributed by atoms with E-state index in [1.807, 2.05) is 21.1 Å². The average molecular weight is 469 g/mol. The summed E-state index contributed by atoms with van der Waals surface area (Å²) in [6.07, 6.45) is 8.33. The van der Waals surface area contributed by atoms with Crippen LogP contribution in [0.25, 0.3) is 0 Å². The molecular formula is C21H45N2O5PS. The Hall–Kier alpha value is -0.110. The summed E-state index contributed by atoms with van der Waals surface area (Å²) in [5, 5.41) is 13.5. The molecule has 0 saturated carbocycles. The predicted molar refractivity (Wildman–Crippen MR) is 124 cm³/mol. The number of aliphatic hydroxyl groups is 1. The van der Waals surface area contributed by atoms with E-state index in [9.17, 15) is 19.4 Å². The number of unbranched alkanes of at least 4 members (excludes halogenated alkanes) is 6. The molecule has 0 aliphatic carbocycles. The number of nitrogens with zero attached hydrogens (tertiary/aromatic N) is 1. The van der Waals surface area contributed by atoms with Crippen molar-refractivity contribution in [3.8, 4) is 0 Å². The number of carbonyl (C=O) groups excluding carboxylic acids is 1. The molecule has 0 spiro atoms. The third-order valence-electron chi connectivity index (χ3n) is 4.85. The van der Waals surface area contributed by atoms with Gasteiger partial charge in [-0.15, -0.1) is 0 Å². The minimum atomic E-state index is -4.09. The molecular weight excluding hydrogens is 423 g/mol. The molecule has 0 bridgehead atoms. The maximum absolute atomic E-state index is 12.2. The van der Waals surface area contributed by atoms with E-state index in [4.69, 9.17) is 4.52 Å². The Morgan fingerprint density at radius 3 is 2.30 bits per heavy atom. The fourth-order valence-corrected chi connectivity index (χ4v) is 5.36. The Balaban J connectivity index is 4.68. The lowest BCUT2D eigenvalue weighted by atomic mass is 10.0. The van der Waals surface area contributed by atoms with Crippen molar-refractivity contribution in [2.45, 2.75) is 90.2 Å². The van der Waals surface area contributed by atoms with Gasteiger partial charge in [-0.3, -0.25) is 9.36 Å². The van der Waals surface area contributed by atoms with Gasteiger partial charge in [0.15, 0.2) is 6.80 Å². The van der Waals surface area contributed by atoms with Crippen LogP contribution in [0.1, 0.15) is 78.1 Å². The second-order valence-corrected chi connectivity index (χ2v) is 12.9. The number of likely N-dealkylation sites (N-methyl/N-ethyl adjacent to an activating group) is 1. The second-order valence-electron chi connectivity index (χ2n) is 8.99. The highest BCUT2D eigenvalue weighted by atomic mass is 32.7. The summed E-state index contributed by atoms with van der Waals surface area (Å²) in [4.78, 5) is 24.5. The van der Waals surface area contributed by atoms with Gasteiger partial charge in [0.25, 0.3) is 0 Å². The zero-order valence-electron chi connectivity index (χ0n) is 19.7. The molecule has 0 aromatic rings. The van der Waals surface area contributed by atoms with Crippen molar-refractivity contribution in [1.82, 2.24) is 5.32 Å². The van der Waals surface area contributed by atoms with E-state index in [0.717, 1.165) is 44.9 Å². The highest BCUT2D eigenvalue weighted by molar-refractivity contribution is 8.54. The molecule has 0 aliphatic rings. The summed E-state index contributed by atoms with van der Waals surface area (Å²) < 4.78 is 17.9. The molecule has 0 rings (SSSR count). The Labute approximate surface area is 188 Å². The third kappa shape index (κ3) is 17.6. The first-order chi connectivity index (χ1) is 14.0. The molecule has 0 aromatic heterocycles. The van der Waals surface area contributed by atoms with Crippen molar-refractivity contribution in [2.75, 3.05) is 40.0 Å². The Morgan fingerprint density at radius 2 is 1.70 bits per heavy atom. The van der Waals surface area contributed by atoms with Crippen molar-refractivity contribution in [1.29, 1.82) is 0 Å². The van der Waals surface area contributed by atoms with Gasteiger partial charge in [0.2, 0.25) is 5.91 Å². The van der Waals surface area contributed by atoms with Crippen molar-refractivity contribution in [2.24, 2.45) is 0 Å². The average Bonchev–Trinajstić information content (AvgIpc) is 2.63. The molecule has 0 radical (unpaired) electrons. The Kier molecular flexibility index (Phi) is 16.5. The molecule has 7 nitrogen and oxygen atoms in total. The summed E-state index contributed by atoms with van der Waals surface area (Å²) in [5.74, 6) is -0.0494. The second kappa shape index (κ2) is 16.5. The van der Waals surface area contributed by atoms with Gasteiger partial charge in [-0.05, 0) is 12.8 Å². The van der Waals surface area contributed by atoms with Crippen LogP contribution in [0.3, 0.4) is 0 Å². The van der Waals surface area contributed by atoms with E-state index in [1.165, 1.54) is 6.42 Å². The molecule has 180 valence electrons. The van der Waals surface area contributed by atoms with Crippen molar-refractivity contribution in [3.63, 3.8) is 0 Å². The number of hydrogen-bond donors (Lipinski definition) is 2. The van der Waals surface area contributed by atoms with Crippen LogP contribution in [0.5, 0.6) is 0 Å². The number of amides is 1. The van der Waals surface area contributed by atoms with Gasteiger partial charge < -0.3 is 24.3 Å². The highest BCUT2D eigenvalue weighted by Crippen LogP contribution is 2.51. The van der Waals surface area contributed by atoms with E-state index >= 15 is 0 Å². The van der Waals surface area contributed by atoms with Gasteiger partial charge in [-0.1, -0.05) is 70.2 Å². The number of hydrogen-bond acceptors (Lipinski definition) is 6. The fraction of sp³-hybridized carbons (Fsp3) is 0.952. The fourth-order valence-electron chi connectivity index (χ4n) is 2.86. The van der Waals surface area contributed by atoms with Gasteiger partial charge in [-0.2, -0.15) is 0 Å². The van der Waals surface area contributed by atoms with Crippen molar-refractivity contribution >= 4 is 24.1 Å². The first-order valence-electron chi connectivity index (χ1n) is 11.4. The van der Waals surface area contributed by atoms with Gasteiger partial charge in [0.05, 0.1) is 33.3 Å². The monoisotopic (exact) mass is 468 g/mol. The molecule has 30 heavy (non-hydrogen) atoms. The molecule has 0 aliphatic heterocycles. The summed E-state index contributed by atoms with van der Waals surface area (Å²) >= 11 is 0.680. The smallest absolute Gasteiger partial charge is 0.220 e. The lowest BCUT2D eigenvalue weighted by molar-refractivity contribution is -0.870. The molecule has 1 amide bonds. The van der Waals surface area contributed by atoms with E-state index in [2.05, 4.69) is 19.2 Å². The molecule has 9 heteroatoms. The quantitative estimate of drug-likeness (QED) is 0.170. The molecule has 0 saturated heterocycles. The van der Waals surface area contributed by atoms with Crippen LogP contribution in [-0.4, -0.2) is 67.7 Å². The zero-order valence-corrected chi connectivity index (χ0v) is 21.4. The van der Waals surface area contributed by atoms with Crippen LogP contribution < -0.4 is 10.2 Å². The molecule has 0 aromatic carbocycles. The maximum Gasteiger partial charge on any atom is 0.220 e. The first kappa shape index (κ1) is 29.9. The van der Waals surface area contributed by atoms with Crippen molar-refractivity contribution < 1.29 is 28.4 Å². The molecule has 3 atom stereocenters. The van der Waals surface area contributed by atoms with Crippen LogP contribution >= 0.6 is 18.2 Å². The number of carbonyl (C=O) groups is 1. The van der Waals surface area contributed by atoms with Gasteiger partial charge in [-0.25, -0.2) is 0 Å². The summed E-state index contributed by atoms with van der Waals surface area (Å²) in [6, 6.07) is -0.598. The topological polar surface area (TPSA) is 98.7 Å². The molecule has 2 N–H and O–H groups in total. The lowest BCUT2D eigenvalue weighted by Crippen LogP contribution is -2.45. The SMILES string of the molecule is CCCCCCC[C@@H](O)[C@@H](CSP(=O)([O-])OCC[N+](C)(C)C)NC(=O)CCCCC. The number of nitrogens with one attached hydrogen (secondary N) is 1. The largest absolute Gasteiger partial charge is 0.770 e. The zero-order chi connectivity index (χ0) is 23.0. The van der Waals surface area contributed by atoms with E-state index in [0.29, 0.717) is 35.3 Å². The highest BCUT2D eigenvalue weighted by Gasteiger charge is 2.24. The van der Waals surface area contributed by atoms with Crippen LogP contribution in [0.2, 0.25) is 0 Å². The van der Waals surface area contributed by atoms with Crippen LogP contribution in [0.4, 0.5) is 0 Å². The van der Waals surface area contributed by atoms with Crippen molar-refractivity contribution in [3.05, 3.63) is 0 Å². The molecule has 0 fully saturated rings. The van der Waals surface area contributed by atoms with Crippen LogP contribution in [0, 0.1) is 0 Å². The standard InChI is InChI=1S/C21H45N2O5PS/c1-6-8-10-11-13-14-20(24)19(22-21(25)15-12-9-7-2)18-30-29(26,27)28-17-16-23(3,4)5/h19-20,24H,6-18H2,1-5H3,(H-,22,25,26,27)/t19-,20-/m1/s1. The minimum absolute atomic E-state index is 0.0841. The van der Waals surface area contributed by atoms with Crippen LogP contribution in [-0.2, 0) is 13.9 Å². The number of rotatable bonds is 19. The van der Waals surface area contributed by atoms with Gasteiger partial charge >= 0.3 is 0 Å². The predicted octanol–water partition coefficient (Wildman–Crippen LogP) is 3.70. The van der Waals surface area contributed by atoms with E-state index in [1.54, 1.807) is 0 Å². The van der Waals surface area contributed by atoms with Gasteiger partial charge in [0.1, 0.15) is 13.2 Å². The summed E-state index contributed by atoms with van der Waals surface area (Å²) in [5.41, 5.74) is 0. The lowest BCUT2D eigenvalue weighted by Gasteiger charge is -2.29. The summed E-state index contributed by atoms with van der Waals surface area (Å²) in [6.45, 7) is 0.829. The van der Waals surface area contributed by atoms with E-state index < -0.39 is 18.9 Å².